The number of imide groups is 1. The van der Waals surface area contributed by atoms with Crippen LogP contribution in [0.5, 0.6) is 0 Å². The van der Waals surface area contributed by atoms with Crippen molar-refractivity contribution in [2.45, 2.75) is 19.9 Å². The fourth-order valence-corrected chi connectivity index (χ4v) is 4.32. The molecule has 0 radical (unpaired) electrons. The van der Waals surface area contributed by atoms with Crippen molar-refractivity contribution in [1.82, 2.24) is 9.62 Å². The predicted molar refractivity (Wildman–Crippen MR) is 98.3 cm³/mol. The quantitative estimate of drug-likeness (QED) is 0.789. The third kappa shape index (κ3) is 3.54. The number of hydrogen-bond acceptors (Lipinski definition) is 4. The first-order valence-corrected chi connectivity index (χ1v) is 9.96. The van der Waals surface area contributed by atoms with Crippen molar-refractivity contribution in [3.8, 4) is 0 Å². The molecule has 0 unspecified atom stereocenters. The van der Waals surface area contributed by atoms with Crippen LogP contribution >= 0.6 is 0 Å². The van der Waals surface area contributed by atoms with Gasteiger partial charge in [0.05, 0.1) is 16.9 Å². The number of rotatable bonds is 6. The second-order valence-corrected chi connectivity index (χ2v) is 8.20. The first-order valence-electron chi connectivity index (χ1n) is 8.31. The fourth-order valence-electron chi connectivity index (χ4n) is 3.12. The number of amides is 2. The molecule has 7 heteroatoms. The Kier molecular flexibility index (Phi) is 4.93. The lowest BCUT2D eigenvalue weighted by Gasteiger charge is -2.18. The highest BCUT2D eigenvalue weighted by Gasteiger charge is 2.35. The summed E-state index contributed by atoms with van der Waals surface area (Å²) in [5.41, 5.74) is 2.51. The molecule has 1 aliphatic rings. The van der Waals surface area contributed by atoms with Gasteiger partial charge in [-0.05, 0) is 37.1 Å². The van der Waals surface area contributed by atoms with Crippen molar-refractivity contribution in [2.24, 2.45) is 0 Å². The minimum absolute atomic E-state index is 0.178. The normalized spacial score (nSPS) is 15.2. The summed E-state index contributed by atoms with van der Waals surface area (Å²) in [4.78, 5) is 25.6. The monoisotopic (exact) mass is 372 g/mol. The molecule has 0 saturated carbocycles. The Morgan fingerprint density at radius 3 is 2.08 bits per heavy atom. The topological polar surface area (TPSA) is 83.6 Å². The third-order valence-electron chi connectivity index (χ3n) is 4.47. The van der Waals surface area contributed by atoms with Gasteiger partial charge in [0.25, 0.3) is 11.8 Å². The second kappa shape index (κ2) is 7.01. The first-order chi connectivity index (χ1) is 12.3. The van der Waals surface area contributed by atoms with Crippen molar-refractivity contribution in [2.75, 3.05) is 12.3 Å². The molecule has 2 aromatic rings. The van der Waals surface area contributed by atoms with E-state index in [1.165, 1.54) is 0 Å². The van der Waals surface area contributed by atoms with Crippen LogP contribution in [0.2, 0.25) is 0 Å². The highest BCUT2D eigenvalue weighted by Crippen LogP contribution is 2.22. The van der Waals surface area contributed by atoms with Gasteiger partial charge in [-0.25, -0.2) is 13.1 Å². The van der Waals surface area contributed by atoms with E-state index in [1.54, 1.807) is 31.2 Å². The van der Waals surface area contributed by atoms with E-state index in [4.69, 9.17) is 0 Å². The SMILES string of the molecule is Cc1ccccc1[C@@H](C)NS(=O)(=O)CCN1C(=O)c2ccccc2C1=O. The summed E-state index contributed by atoms with van der Waals surface area (Å²) >= 11 is 0. The van der Waals surface area contributed by atoms with Crippen molar-refractivity contribution in [3.63, 3.8) is 0 Å². The summed E-state index contributed by atoms with van der Waals surface area (Å²) in [5, 5.41) is 0. The zero-order valence-electron chi connectivity index (χ0n) is 14.6. The number of aryl methyl sites for hydroxylation is 1. The number of benzene rings is 2. The van der Waals surface area contributed by atoms with E-state index < -0.39 is 27.9 Å². The van der Waals surface area contributed by atoms with Gasteiger partial charge in [0.15, 0.2) is 0 Å². The Morgan fingerprint density at radius 1 is 0.962 bits per heavy atom. The minimum atomic E-state index is -3.66. The lowest BCUT2D eigenvalue weighted by atomic mass is 10.0. The molecule has 1 heterocycles. The molecule has 1 atom stereocenters. The van der Waals surface area contributed by atoms with Crippen LogP contribution in [0.25, 0.3) is 0 Å². The van der Waals surface area contributed by atoms with Gasteiger partial charge < -0.3 is 0 Å². The average Bonchev–Trinajstić information content (AvgIpc) is 2.84. The van der Waals surface area contributed by atoms with Crippen LogP contribution in [0.4, 0.5) is 0 Å². The van der Waals surface area contributed by atoms with E-state index in [0.717, 1.165) is 16.0 Å². The van der Waals surface area contributed by atoms with Crippen LogP contribution in [0.3, 0.4) is 0 Å². The molecular formula is C19H20N2O4S. The van der Waals surface area contributed by atoms with E-state index in [2.05, 4.69) is 4.72 Å². The van der Waals surface area contributed by atoms with Gasteiger partial charge in [0, 0.05) is 12.6 Å². The number of carbonyl (C=O) groups is 2. The summed E-state index contributed by atoms with van der Waals surface area (Å²) < 4.78 is 27.4. The predicted octanol–water partition coefficient (Wildman–Crippen LogP) is 2.27. The van der Waals surface area contributed by atoms with Crippen molar-refractivity contribution in [3.05, 3.63) is 70.8 Å². The Hall–Kier alpha value is -2.51. The number of hydrogen-bond donors (Lipinski definition) is 1. The molecular weight excluding hydrogens is 352 g/mol. The number of fused-ring (bicyclic) bond motifs is 1. The van der Waals surface area contributed by atoms with Crippen LogP contribution in [-0.2, 0) is 10.0 Å². The van der Waals surface area contributed by atoms with E-state index in [-0.39, 0.29) is 12.3 Å². The van der Waals surface area contributed by atoms with E-state index in [0.29, 0.717) is 11.1 Å². The standard InChI is InChI=1S/C19H20N2O4S/c1-13-7-3-4-8-15(13)14(2)20-26(24,25)12-11-21-18(22)16-9-5-6-10-17(16)19(21)23/h3-10,14,20H,11-12H2,1-2H3/t14-/m1/s1. The Morgan fingerprint density at radius 2 is 1.50 bits per heavy atom. The first kappa shape index (κ1) is 18.3. The van der Waals surface area contributed by atoms with Gasteiger partial charge in [0.2, 0.25) is 10.0 Å². The highest BCUT2D eigenvalue weighted by atomic mass is 32.2. The lowest BCUT2D eigenvalue weighted by molar-refractivity contribution is 0.0664. The van der Waals surface area contributed by atoms with Gasteiger partial charge in [-0.1, -0.05) is 36.4 Å². The largest absolute Gasteiger partial charge is 0.273 e. The maximum Gasteiger partial charge on any atom is 0.261 e. The Labute approximate surface area is 152 Å². The number of nitrogens with zero attached hydrogens (tertiary/aromatic N) is 1. The van der Waals surface area contributed by atoms with Crippen molar-refractivity contribution in [1.29, 1.82) is 0 Å². The lowest BCUT2D eigenvalue weighted by Crippen LogP contribution is -2.38. The molecule has 0 aliphatic carbocycles. The van der Waals surface area contributed by atoms with Crippen molar-refractivity contribution < 1.29 is 18.0 Å². The van der Waals surface area contributed by atoms with Crippen LogP contribution in [-0.4, -0.2) is 37.4 Å². The maximum atomic E-state index is 12.4. The minimum Gasteiger partial charge on any atom is -0.273 e. The summed E-state index contributed by atoms with van der Waals surface area (Å²) in [6.45, 7) is 3.50. The molecule has 2 amide bonds. The molecule has 0 aromatic heterocycles. The van der Waals surface area contributed by atoms with Gasteiger partial charge in [-0.15, -0.1) is 0 Å². The molecule has 6 nitrogen and oxygen atoms in total. The maximum absolute atomic E-state index is 12.4. The second-order valence-electron chi connectivity index (χ2n) is 6.32. The molecule has 26 heavy (non-hydrogen) atoms. The van der Waals surface area contributed by atoms with Gasteiger partial charge in [-0.2, -0.15) is 0 Å². The Balaban J connectivity index is 1.67. The van der Waals surface area contributed by atoms with E-state index >= 15 is 0 Å². The van der Waals surface area contributed by atoms with Crippen LogP contribution in [0.1, 0.15) is 44.8 Å². The zero-order chi connectivity index (χ0) is 18.9. The van der Waals surface area contributed by atoms with Crippen LogP contribution in [0.15, 0.2) is 48.5 Å². The molecule has 0 fully saturated rings. The summed E-state index contributed by atoms with van der Waals surface area (Å²) in [5.74, 6) is -1.24. The third-order valence-corrected chi connectivity index (χ3v) is 5.91. The molecule has 136 valence electrons. The molecule has 3 rings (SSSR count). The fraction of sp³-hybridized carbons (Fsp3) is 0.263. The number of carbonyl (C=O) groups excluding carboxylic acids is 2. The van der Waals surface area contributed by atoms with Crippen molar-refractivity contribution >= 4 is 21.8 Å². The molecule has 0 spiro atoms. The Bertz CT molecular complexity index is 934. The zero-order valence-corrected chi connectivity index (χ0v) is 15.4. The molecule has 2 aromatic carbocycles. The average molecular weight is 372 g/mol. The molecule has 1 N–H and O–H groups in total. The number of nitrogens with one attached hydrogen (secondary N) is 1. The molecule has 0 saturated heterocycles. The van der Waals surface area contributed by atoms with Gasteiger partial charge >= 0.3 is 0 Å². The van der Waals surface area contributed by atoms with E-state index in [9.17, 15) is 18.0 Å². The summed E-state index contributed by atoms with van der Waals surface area (Å²) in [7, 11) is -3.66. The number of sulfonamides is 1. The smallest absolute Gasteiger partial charge is 0.261 e. The summed E-state index contributed by atoms with van der Waals surface area (Å²) in [6, 6.07) is 13.6. The van der Waals surface area contributed by atoms with Gasteiger partial charge in [-0.3, -0.25) is 14.5 Å². The van der Waals surface area contributed by atoms with Crippen LogP contribution in [0, 0.1) is 6.92 Å². The van der Waals surface area contributed by atoms with E-state index in [1.807, 2.05) is 31.2 Å². The molecule has 0 bridgehead atoms. The van der Waals surface area contributed by atoms with Gasteiger partial charge in [0.1, 0.15) is 0 Å². The highest BCUT2D eigenvalue weighted by molar-refractivity contribution is 7.89. The molecule has 1 aliphatic heterocycles. The summed E-state index contributed by atoms with van der Waals surface area (Å²) in [6.07, 6.45) is 0. The van der Waals surface area contributed by atoms with Crippen LogP contribution < -0.4 is 4.72 Å².